The van der Waals surface area contributed by atoms with Gasteiger partial charge in [0, 0.05) is 35.6 Å². The number of anilines is 2. The second-order valence-corrected chi connectivity index (χ2v) is 10.0. The summed E-state index contributed by atoms with van der Waals surface area (Å²) in [6.07, 6.45) is 0. The molecule has 3 aromatic rings. The summed E-state index contributed by atoms with van der Waals surface area (Å²) in [5, 5.41) is 23.5. The summed E-state index contributed by atoms with van der Waals surface area (Å²) < 4.78 is 35.5. The molecule has 192 valence electrons. The van der Waals surface area contributed by atoms with Gasteiger partial charge in [-0.15, -0.1) is 5.10 Å². The molecule has 9 heteroatoms. The molecular formula is C27H32F2N4O3. The molecule has 2 N–H and O–H groups in total. The maximum absolute atomic E-state index is 14.8. The summed E-state index contributed by atoms with van der Waals surface area (Å²) in [6.45, 7) is 9.84. The molecule has 0 saturated heterocycles. The lowest BCUT2D eigenvalue weighted by Crippen LogP contribution is -2.40. The Kier molecular flexibility index (Phi) is 6.29. The first-order chi connectivity index (χ1) is 16.7. The largest absolute Gasteiger partial charge is 0.384 e. The van der Waals surface area contributed by atoms with Crippen molar-refractivity contribution in [1.29, 1.82) is 0 Å². The molecule has 0 aliphatic carbocycles. The van der Waals surface area contributed by atoms with Crippen molar-refractivity contribution < 1.29 is 23.4 Å². The molecule has 0 spiro atoms. The van der Waals surface area contributed by atoms with Gasteiger partial charge in [-0.1, -0.05) is 18.2 Å². The average molecular weight is 499 g/mol. The number of aryl methyl sites for hydroxylation is 1. The number of rotatable bonds is 7. The first-order valence-electron chi connectivity index (χ1n) is 11.9. The molecule has 2 atom stereocenters. The molecular weight excluding hydrogens is 466 g/mol. The minimum absolute atomic E-state index is 0.152. The number of alkyl halides is 2. The van der Waals surface area contributed by atoms with Crippen LogP contribution in [0.4, 0.5) is 20.3 Å². The number of amides is 1. The van der Waals surface area contributed by atoms with Crippen LogP contribution in [0.25, 0.3) is 10.8 Å². The van der Waals surface area contributed by atoms with E-state index < -0.39 is 23.2 Å². The normalized spacial score (nSPS) is 19.1. The average Bonchev–Trinajstić information content (AvgIpc) is 3.00. The Morgan fingerprint density at radius 1 is 1.19 bits per heavy atom. The van der Waals surface area contributed by atoms with Crippen LogP contribution in [0, 0.1) is 6.92 Å². The van der Waals surface area contributed by atoms with E-state index in [9.17, 15) is 18.7 Å². The standard InChI is InChI=1S/C27H32F2N4O3/c1-8-36-26(6)21-13-20-19(14-22(21)33(7)24(26)34)16(3)31-32-23(20)30-15(2)17-10-9-11-18(12-17)27(28,29)25(4,5)35/h9-15,35H,8H2,1-7H3,(H,30,32)/t15-,26?/m1/s1. The fourth-order valence-corrected chi connectivity index (χ4v) is 4.70. The van der Waals surface area contributed by atoms with Gasteiger partial charge in [0.15, 0.2) is 11.4 Å². The highest BCUT2D eigenvalue weighted by molar-refractivity contribution is 6.10. The summed E-state index contributed by atoms with van der Waals surface area (Å²) in [5.74, 6) is -3.12. The van der Waals surface area contributed by atoms with Crippen LogP contribution in [-0.2, 0) is 21.1 Å². The lowest BCUT2D eigenvalue weighted by Gasteiger charge is -2.30. The Balaban J connectivity index is 1.77. The summed E-state index contributed by atoms with van der Waals surface area (Å²) >= 11 is 0. The van der Waals surface area contributed by atoms with Crippen molar-refractivity contribution in [2.24, 2.45) is 0 Å². The molecule has 1 aliphatic heterocycles. The highest BCUT2D eigenvalue weighted by atomic mass is 19.3. The van der Waals surface area contributed by atoms with Crippen molar-refractivity contribution >= 4 is 28.2 Å². The summed E-state index contributed by atoms with van der Waals surface area (Å²) in [6, 6.07) is 9.39. The van der Waals surface area contributed by atoms with Gasteiger partial charge in [0.25, 0.3) is 5.91 Å². The van der Waals surface area contributed by atoms with Gasteiger partial charge in [0.2, 0.25) is 0 Å². The van der Waals surface area contributed by atoms with Gasteiger partial charge in [-0.05, 0) is 65.3 Å². The van der Waals surface area contributed by atoms with Crippen LogP contribution in [0.3, 0.4) is 0 Å². The minimum Gasteiger partial charge on any atom is -0.384 e. The van der Waals surface area contributed by atoms with Gasteiger partial charge < -0.3 is 20.1 Å². The number of nitrogens with zero attached hydrogens (tertiary/aromatic N) is 3. The van der Waals surface area contributed by atoms with Crippen LogP contribution >= 0.6 is 0 Å². The molecule has 4 rings (SSSR count). The number of nitrogens with one attached hydrogen (secondary N) is 1. The van der Waals surface area contributed by atoms with E-state index in [0.29, 0.717) is 23.7 Å². The number of aliphatic hydroxyl groups is 1. The minimum atomic E-state index is -3.43. The van der Waals surface area contributed by atoms with Gasteiger partial charge in [-0.2, -0.15) is 13.9 Å². The number of ether oxygens (including phenoxy) is 1. The topological polar surface area (TPSA) is 87.6 Å². The predicted molar refractivity (Wildman–Crippen MR) is 135 cm³/mol. The molecule has 2 heterocycles. The monoisotopic (exact) mass is 498 g/mol. The third kappa shape index (κ3) is 4.00. The quantitative estimate of drug-likeness (QED) is 0.466. The maximum atomic E-state index is 14.8. The van der Waals surface area contributed by atoms with E-state index in [1.165, 1.54) is 12.1 Å². The van der Waals surface area contributed by atoms with E-state index in [0.717, 1.165) is 35.9 Å². The fraction of sp³-hybridized carbons (Fsp3) is 0.444. The van der Waals surface area contributed by atoms with E-state index in [2.05, 4.69) is 15.5 Å². The lowest BCUT2D eigenvalue weighted by atomic mass is 9.91. The van der Waals surface area contributed by atoms with Crippen LogP contribution < -0.4 is 10.2 Å². The lowest BCUT2D eigenvalue weighted by molar-refractivity contribution is -0.168. The number of halogens is 2. The van der Waals surface area contributed by atoms with Gasteiger partial charge in [-0.3, -0.25) is 4.79 Å². The van der Waals surface area contributed by atoms with Gasteiger partial charge >= 0.3 is 5.92 Å². The Labute approximate surface area is 209 Å². The zero-order valence-corrected chi connectivity index (χ0v) is 21.6. The van der Waals surface area contributed by atoms with Crippen LogP contribution in [0.1, 0.15) is 63.0 Å². The van der Waals surface area contributed by atoms with E-state index in [1.807, 2.05) is 32.9 Å². The molecule has 0 radical (unpaired) electrons. The van der Waals surface area contributed by atoms with Gasteiger partial charge in [0.1, 0.15) is 5.60 Å². The van der Waals surface area contributed by atoms with Crippen molar-refractivity contribution in [1.82, 2.24) is 10.2 Å². The molecule has 1 unspecified atom stereocenters. The number of carbonyl (C=O) groups is 1. The van der Waals surface area contributed by atoms with Crippen LogP contribution in [0.15, 0.2) is 36.4 Å². The fourth-order valence-electron chi connectivity index (χ4n) is 4.70. The molecule has 0 fully saturated rings. The number of hydrogen-bond donors (Lipinski definition) is 2. The van der Waals surface area contributed by atoms with E-state index in [-0.39, 0.29) is 11.5 Å². The number of benzene rings is 2. The van der Waals surface area contributed by atoms with E-state index >= 15 is 0 Å². The van der Waals surface area contributed by atoms with Crippen LogP contribution in [-0.4, -0.2) is 40.5 Å². The second-order valence-electron chi connectivity index (χ2n) is 10.0. The zero-order chi connectivity index (χ0) is 26.6. The van der Waals surface area contributed by atoms with Crippen LogP contribution in [0.5, 0.6) is 0 Å². The molecule has 1 aliphatic rings. The predicted octanol–water partition coefficient (Wildman–Crippen LogP) is 5.20. The number of hydrogen-bond acceptors (Lipinski definition) is 6. The number of aromatic nitrogens is 2. The first-order valence-corrected chi connectivity index (χ1v) is 11.9. The smallest absolute Gasteiger partial charge is 0.300 e. The highest BCUT2D eigenvalue weighted by Gasteiger charge is 2.48. The van der Waals surface area contributed by atoms with Gasteiger partial charge in [0.05, 0.1) is 17.4 Å². The number of fused-ring (bicyclic) bond motifs is 2. The van der Waals surface area contributed by atoms with E-state index in [1.54, 1.807) is 31.0 Å². The Morgan fingerprint density at radius 3 is 2.53 bits per heavy atom. The molecule has 1 amide bonds. The SMILES string of the molecule is CCOC1(C)C(=O)N(C)c2cc3c(C)nnc(N[C@H](C)c4cccc(C(F)(F)C(C)(C)O)c4)c3cc21. The van der Waals surface area contributed by atoms with Crippen molar-refractivity contribution in [3.8, 4) is 0 Å². The van der Waals surface area contributed by atoms with Crippen molar-refractivity contribution in [2.45, 2.75) is 64.7 Å². The Bertz CT molecular complexity index is 1340. The zero-order valence-electron chi connectivity index (χ0n) is 21.6. The summed E-state index contributed by atoms with van der Waals surface area (Å²) in [7, 11) is 1.72. The summed E-state index contributed by atoms with van der Waals surface area (Å²) in [5.41, 5.74) is -0.818. The Hall–Kier alpha value is -3.17. The molecule has 1 aromatic heterocycles. The number of carbonyl (C=O) groups excluding carboxylic acids is 1. The number of likely N-dealkylation sites (N-methyl/N-ethyl adjacent to an activating group) is 1. The molecule has 36 heavy (non-hydrogen) atoms. The van der Waals surface area contributed by atoms with Gasteiger partial charge in [-0.25, -0.2) is 0 Å². The maximum Gasteiger partial charge on any atom is 0.300 e. The van der Waals surface area contributed by atoms with E-state index in [4.69, 9.17) is 4.74 Å². The molecule has 2 aromatic carbocycles. The summed E-state index contributed by atoms with van der Waals surface area (Å²) in [4.78, 5) is 14.6. The molecule has 7 nitrogen and oxygen atoms in total. The molecule has 0 saturated carbocycles. The Morgan fingerprint density at radius 2 is 1.89 bits per heavy atom. The van der Waals surface area contributed by atoms with Crippen molar-refractivity contribution in [3.05, 3.63) is 58.8 Å². The second kappa shape index (κ2) is 8.74. The van der Waals surface area contributed by atoms with Crippen LogP contribution in [0.2, 0.25) is 0 Å². The first kappa shape index (κ1) is 25.9. The third-order valence-corrected chi connectivity index (χ3v) is 6.97. The molecule has 0 bridgehead atoms. The van der Waals surface area contributed by atoms with Crippen molar-refractivity contribution in [2.75, 3.05) is 23.9 Å². The van der Waals surface area contributed by atoms with Crippen molar-refractivity contribution in [3.63, 3.8) is 0 Å². The third-order valence-electron chi connectivity index (χ3n) is 6.97. The highest BCUT2D eigenvalue weighted by Crippen LogP contribution is 2.45.